The number of nitriles is 1. The third kappa shape index (κ3) is 4.34. The molecule has 0 bridgehead atoms. The predicted molar refractivity (Wildman–Crippen MR) is 74.6 cm³/mol. The second-order valence-corrected chi connectivity index (χ2v) is 5.15. The molecule has 0 radical (unpaired) electrons. The average Bonchev–Trinajstić information content (AvgIpc) is 2.33. The normalized spacial score (nSPS) is 10.7. The molecule has 0 fully saturated rings. The first-order valence-electron chi connectivity index (χ1n) is 6.28. The Bertz CT molecular complexity index is 407. The molecule has 4 heteroatoms. The van der Waals surface area contributed by atoms with Crippen LogP contribution >= 0.6 is 0 Å². The zero-order valence-electron chi connectivity index (χ0n) is 11.7. The summed E-state index contributed by atoms with van der Waals surface area (Å²) < 4.78 is 0. The molecule has 1 aromatic rings. The largest absolute Gasteiger partial charge is 0.368 e. The molecule has 1 rings (SSSR count). The molecule has 4 nitrogen and oxygen atoms in total. The van der Waals surface area contributed by atoms with Gasteiger partial charge in [0.15, 0.2) is 0 Å². The molecule has 0 aliphatic carbocycles. The van der Waals surface area contributed by atoms with Crippen molar-refractivity contribution in [3.05, 3.63) is 24.0 Å². The monoisotopic (exact) mass is 246 g/mol. The van der Waals surface area contributed by atoms with E-state index in [1.807, 2.05) is 0 Å². The van der Waals surface area contributed by atoms with Gasteiger partial charge in [-0.2, -0.15) is 5.26 Å². The van der Waals surface area contributed by atoms with E-state index in [0.29, 0.717) is 11.5 Å². The summed E-state index contributed by atoms with van der Waals surface area (Å²) in [7, 11) is 4.12. The van der Waals surface area contributed by atoms with E-state index in [1.54, 1.807) is 18.5 Å². The van der Waals surface area contributed by atoms with Crippen LogP contribution in [0.25, 0.3) is 0 Å². The first-order valence-corrected chi connectivity index (χ1v) is 6.28. The van der Waals surface area contributed by atoms with Gasteiger partial charge in [0.25, 0.3) is 0 Å². The fourth-order valence-corrected chi connectivity index (χ4v) is 1.80. The van der Waals surface area contributed by atoms with Crippen molar-refractivity contribution in [1.29, 1.82) is 5.26 Å². The maximum absolute atomic E-state index is 9.16. The van der Waals surface area contributed by atoms with Gasteiger partial charge in [0.1, 0.15) is 6.07 Å². The molecule has 18 heavy (non-hydrogen) atoms. The Labute approximate surface area is 110 Å². The Morgan fingerprint density at radius 3 is 2.61 bits per heavy atom. The maximum atomic E-state index is 9.16. The molecule has 0 saturated heterocycles. The Hall–Kier alpha value is -1.60. The van der Waals surface area contributed by atoms with Gasteiger partial charge in [-0.1, -0.05) is 13.8 Å². The van der Waals surface area contributed by atoms with Crippen LogP contribution in [-0.4, -0.2) is 43.6 Å². The van der Waals surface area contributed by atoms with Gasteiger partial charge in [0.2, 0.25) is 0 Å². The highest BCUT2D eigenvalue weighted by molar-refractivity contribution is 5.57. The Morgan fingerprint density at radius 1 is 1.33 bits per heavy atom. The average molecular weight is 246 g/mol. The summed E-state index contributed by atoms with van der Waals surface area (Å²) in [6, 6.07) is 4.02. The smallest absolute Gasteiger partial charge is 0.101 e. The molecule has 1 heterocycles. The maximum Gasteiger partial charge on any atom is 0.101 e. The molecular weight excluding hydrogens is 224 g/mol. The van der Waals surface area contributed by atoms with Crippen LogP contribution < -0.4 is 4.90 Å². The zero-order chi connectivity index (χ0) is 13.5. The summed E-state index contributed by atoms with van der Waals surface area (Å²) in [5, 5.41) is 9.16. The summed E-state index contributed by atoms with van der Waals surface area (Å²) in [6.07, 6.45) is 3.46. The lowest BCUT2D eigenvalue weighted by molar-refractivity contribution is 0.409. The van der Waals surface area contributed by atoms with Crippen LogP contribution in [0.2, 0.25) is 0 Å². The van der Waals surface area contributed by atoms with E-state index in [2.05, 4.69) is 48.8 Å². The van der Waals surface area contributed by atoms with Gasteiger partial charge in [-0.05, 0) is 26.1 Å². The molecule has 0 amide bonds. The molecule has 0 aliphatic rings. The van der Waals surface area contributed by atoms with E-state index >= 15 is 0 Å². The lowest BCUT2D eigenvalue weighted by Gasteiger charge is -2.28. The van der Waals surface area contributed by atoms with Gasteiger partial charge in [-0.25, -0.2) is 0 Å². The Morgan fingerprint density at radius 2 is 2.06 bits per heavy atom. The molecule has 0 N–H and O–H groups in total. The topological polar surface area (TPSA) is 43.2 Å². The lowest BCUT2D eigenvalue weighted by Crippen LogP contribution is -2.34. The van der Waals surface area contributed by atoms with Crippen LogP contribution in [0, 0.1) is 17.2 Å². The molecule has 0 atom stereocenters. The molecular formula is C14H22N4. The highest BCUT2D eigenvalue weighted by Crippen LogP contribution is 2.19. The van der Waals surface area contributed by atoms with Crippen LogP contribution in [0.4, 0.5) is 5.69 Å². The van der Waals surface area contributed by atoms with Gasteiger partial charge in [0.05, 0.1) is 17.4 Å². The molecule has 0 unspecified atom stereocenters. The van der Waals surface area contributed by atoms with E-state index in [0.717, 1.165) is 25.3 Å². The number of likely N-dealkylation sites (N-methyl/N-ethyl adjacent to an activating group) is 1. The standard InChI is InChI=1S/C14H22N4/c1-12(2)11-18(8-7-17(3)4)14-10-16-6-5-13(14)9-15/h5-6,10,12H,7-8,11H2,1-4H3. The second kappa shape index (κ2) is 6.97. The predicted octanol–water partition coefficient (Wildman–Crippen LogP) is 1.98. The molecule has 0 aliphatic heterocycles. The molecule has 0 spiro atoms. The first-order chi connectivity index (χ1) is 8.54. The number of aromatic nitrogens is 1. The Kier molecular flexibility index (Phi) is 5.60. The second-order valence-electron chi connectivity index (χ2n) is 5.15. The van der Waals surface area contributed by atoms with E-state index in [-0.39, 0.29) is 0 Å². The van der Waals surface area contributed by atoms with Crippen LogP contribution in [0.1, 0.15) is 19.4 Å². The van der Waals surface area contributed by atoms with Crippen LogP contribution in [0.5, 0.6) is 0 Å². The molecule has 98 valence electrons. The van der Waals surface area contributed by atoms with Gasteiger partial charge >= 0.3 is 0 Å². The highest BCUT2D eigenvalue weighted by Gasteiger charge is 2.13. The van der Waals surface area contributed by atoms with E-state index in [1.165, 1.54) is 0 Å². The van der Waals surface area contributed by atoms with E-state index < -0.39 is 0 Å². The third-order valence-electron chi connectivity index (χ3n) is 2.66. The third-order valence-corrected chi connectivity index (χ3v) is 2.66. The minimum Gasteiger partial charge on any atom is -0.368 e. The minimum absolute atomic E-state index is 0.555. The number of pyridine rings is 1. The van der Waals surface area contributed by atoms with Crippen molar-refractivity contribution < 1.29 is 0 Å². The number of anilines is 1. The number of hydrogen-bond donors (Lipinski definition) is 0. The highest BCUT2D eigenvalue weighted by atomic mass is 15.2. The van der Waals surface area contributed by atoms with Crippen molar-refractivity contribution in [3.63, 3.8) is 0 Å². The van der Waals surface area contributed by atoms with Crippen LogP contribution in [-0.2, 0) is 0 Å². The van der Waals surface area contributed by atoms with Crippen molar-refractivity contribution in [1.82, 2.24) is 9.88 Å². The van der Waals surface area contributed by atoms with Gasteiger partial charge < -0.3 is 9.80 Å². The van der Waals surface area contributed by atoms with Crippen molar-refractivity contribution in [2.75, 3.05) is 38.6 Å². The summed E-state index contributed by atoms with van der Waals surface area (Å²) in [5.74, 6) is 0.555. The van der Waals surface area contributed by atoms with E-state index in [4.69, 9.17) is 5.26 Å². The zero-order valence-corrected chi connectivity index (χ0v) is 11.7. The SMILES string of the molecule is CC(C)CN(CCN(C)C)c1cnccc1C#N. The molecule has 0 saturated carbocycles. The first kappa shape index (κ1) is 14.5. The fraction of sp³-hybridized carbons (Fsp3) is 0.571. The van der Waals surface area contributed by atoms with Crippen molar-refractivity contribution in [2.45, 2.75) is 13.8 Å². The number of nitrogens with zero attached hydrogens (tertiary/aromatic N) is 4. The summed E-state index contributed by atoms with van der Waals surface area (Å²) >= 11 is 0. The quantitative estimate of drug-likeness (QED) is 0.770. The van der Waals surface area contributed by atoms with E-state index in [9.17, 15) is 0 Å². The molecule has 0 aromatic carbocycles. The summed E-state index contributed by atoms with van der Waals surface area (Å²) in [6.45, 7) is 7.18. The number of rotatable bonds is 6. The van der Waals surface area contributed by atoms with Gasteiger partial charge in [0, 0.05) is 25.8 Å². The van der Waals surface area contributed by atoms with Crippen LogP contribution in [0.15, 0.2) is 18.5 Å². The van der Waals surface area contributed by atoms with Crippen molar-refractivity contribution >= 4 is 5.69 Å². The fourth-order valence-electron chi connectivity index (χ4n) is 1.80. The minimum atomic E-state index is 0.555. The van der Waals surface area contributed by atoms with Crippen molar-refractivity contribution in [3.8, 4) is 6.07 Å². The summed E-state index contributed by atoms with van der Waals surface area (Å²) in [5.41, 5.74) is 1.64. The Balaban J connectivity index is 2.90. The van der Waals surface area contributed by atoms with Crippen molar-refractivity contribution in [2.24, 2.45) is 5.92 Å². The lowest BCUT2D eigenvalue weighted by atomic mass is 10.1. The van der Waals surface area contributed by atoms with Gasteiger partial charge in [-0.3, -0.25) is 4.98 Å². The summed E-state index contributed by atoms with van der Waals surface area (Å²) in [4.78, 5) is 8.54. The number of hydrogen-bond acceptors (Lipinski definition) is 4. The van der Waals surface area contributed by atoms with Gasteiger partial charge in [-0.15, -0.1) is 0 Å². The van der Waals surface area contributed by atoms with Crippen LogP contribution in [0.3, 0.4) is 0 Å². The molecule has 1 aromatic heterocycles.